The molecule has 0 unspecified atom stereocenters. The second-order valence-electron chi connectivity index (χ2n) is 5.30. The number of aliphatic hydroxyl groups is 1. The summed E-state index contributed by atoms with van der Waals surface area (Å²) in [6, 6.07) is 5.27. The molecule has 1 aromatic carbocycles. The molecule has 0 fully saturated rings. The van der Waals surface area contributed by atoms with Gasteiger partial charge in [-0.3, -0.25) is 0 Å². The van der Waals surface area contributed by atoms with Crippen LogP contribution < -0.4 is 10.1 Å². The molecule has 0 atom stereocenters. The number of aryl methyl sites for hydroxylation is 1. The minimum Gasteiger partial charge on any atom is -0.495 e. The molecule has 1 rings (SSSR count). The van der Waals surface area contributed by atoms with Crippen LogP contribution in [0, 0.1) is 6.92 Å². The zero-order valence-electron chi connectivity index (χ0n) is 12.2. The fraction of sp³-hybridized carbons (Fsp3) is 0.500. The van der Waals surface area contributed by atoms with E-state index >= 15 is 0 Å². The van der Waals surface area contributed by atoms with Crippen LogP contribution in [-0.2, 0) is 0 Å². The van der Waals surface area contributed by atoms with E-state index in [-0.39, 0.29) is 12.6 Å². The quantitative estimate of drug-likeness (QED) is 0.878. The number of carbonyl (C=O) groups is 1. The molecule has 2 N–H and O–H groups in total. The van der Waals surface area contributed by atoms with E-state index in [1.165, 1.54) is 4.90 Å². The van der Waals surface area contributed by atoms with Crippen LogP contribution in [0.3, 0.4) is 0 Å². The Kier molecular flexibility index (Phi) is 4.78. The molecule has 0 aliphatic heterocycles. The second-order valence-corrected chi connectivity index (χ2v) is 5.30. The van der Waals surface area contributed by atoms with Crippen LogP contribution in [0.4, 0.5) is 10.5 Å². The van der Waals surface area contributed by atoms with Gasteiger partial charge in [0.2, 0.25) is 0 Å². The van der Waals surface area contributed by atoms with Crippen molar-refractivity contribution in [1.29, 1.82) is 0 Å². The van der Waals surface area contributed by atoms with Crippen molar-refractivity contribution in [2.75, 3.05) is 26.0 Å². The summed E-state index contributed by atoms with van der Waals surface area (Å²) in [5.41, 5.74) is 0.722. The van der Waals surface area contributed by atoms with Gasteiger partial charge in [0.05, 0.1) is 24.9 Å². The maximum absolute atomic E-state index is 12.0. The predicted octanol–water partition coefficient (Wildman–Crippen LogP) is 2.24. The Morgan fingerprint density at radius 2 is 2.11 bits per heavy atom. The second kappa shape index (κ2) is 5.93. The molecule has 0 saturated carbocycles. The summed E-state index contributed by atoms with van der Waals surface area (Å²) in [5, 5.41) is 12.5. The Labute approximate surface area is 114 Å². The van der Waals surface area contributed by atoms with Gasteiger partial charge in [-0.2, -0.15) is 0 Å². The number of methoxy groups -OCH3 is 1. The lowest BCUT2D eigenvalue weighted by Gasteiger charge is -2.26. The minimum absolute atomic E-state index is 0.243. The first-order valence-electron chi connectivity index (χ1n) is 6.12. The Morgan fingerprint density at radius 3 is 2.63 bits per heavy atom. The molecule has 5 nitrogen and oxygen atoms in total. The highest BCUT2D eigenvalue weighted by Gasteiger charge is 2.20. The van der Waals surface area contributed by atoms with Crippen LogP contribution in [0.5, 0.6) is 5.75 Å². The van der Waals surface area contributed by atoms with E-state index in [9.17, 15) is 9.90 Å². The van der Waals surface area contributed by atoms with E-state index in [4.69, 9.17) is 4.74 Å². The van der Waals surface area contributed by atoms with Gasteiger partial charge in [0.15, 0.2) is 0 Å². The number of likely N-dealkylation sites (N-methyl/N-ethyl adjacent to an activating group) is 1. The smallest absolute Gasteiger partial charge is 0.321 e. The molecular weight excluding hydrogens is 244 g/mol. The molecule has 19 heavy (non-hydrogen) atoms. The van der Waals surface area contributed by atoms with E-state index in [0.717, 1.165) is 5.56 Å². The first kappa shape index (κ1) is 15.3. The maximum atomic E-state index is 12.0. The van der Waals surface area contributed by atoms with Crippen molar-refractivity contribution < 1.29 is 14.6 Å². The van der Waals surface area contributed by atoms with Crippen LogP contribution in [0.1, 0.15) is 19.4 Å². The van der Waals surface area contributed by atoms with Gasteiger partial charge in [0.25, 0.3) is 0 Å². The Bertz CT molecular complexity index is 452. The molecule has 0 heterocycles. The number of ether oxygens (including phenoxy) is 1. The first-order chi connectivity index (χ1) is 8.73. The number of urea groups is 1. The topological polar surface area (TPSA) is 61.8 Å². The lowest BCUT2D eigenvalue weighted by Crippen LogP contribution is -2.41. The first-order valence-corrected chi connectivity index (χ1v) is 6.12. The SMILES string of the molecule is COc1ccc(C)cc1NC(=O)N(C)CC(C)(C)O. The molecule has 1 aromatic rings. The molecule has 106 valence electrons. The van der Waals surface area contributed by atoms with Crippen molar-refractivity contribution in [1.82, 2.24) is 4.90 Å². The summed E-state index contributed by atoms with van der Waals surface area (Å²) >= 11 is 0. The van der Waals surface area contributed by atoms with Crippen LogP contribution in [0.25, 0.3) is 0 Å². The number of carbonyl (C=O) groups excluding carboxylic acids is 1. The van der Waals surface area contributed by atoms with E-state index in [1.54, 1.807) is 34.1 Å². The molecule has 0 spiro atoms. The van der Waals surface area contributed by atoms with Gasteiger partial charge in [0, 0.05) is 7.05 Å². The summed E-state index contributed by atoms with van der Waals surface area (Å²) < 4.78 is 5.20. The lowest BCUT2D eigenvalue weighted by molar-refractivity contribution is 0.0550. The number of nitrogens with one attached hydrogen (secondary N) is 1. The van der Waals surface area contributed by atoms with Crippen molar-refractivity contribution in [3.63, 3.8) is 0 Å². The third-order valence-corrected chi connectivity index (χ3v) is 2.57. The third-order valence-electron chi connectivity index (χ3n) is 2.57. The standard InChI is InChI=1S/C14H22N2O3/c1-10-6-7-12(19-5)11(8-10)15-13(17)16(4)9-14(2,3)18/h6-8,18H,9H2,1-5H3,(H,15,17). The highest BCUT2D eigenvalue weighted by molar-refractivity contribution is 5.91. The molecule has 5 heteroatoms. The van der Waals surface area contributed by atoms with Crippen LogP contribution in [-0.4, -0.2) is 42.3 Å². The lowest BCUT2D eigenvalue weighted by atomic mass is 10.1. The number of nitrogens with zero attached hydrogens (tertiary/aromatic N) is 1. The molecule has 0 radical (unpaired) electrons. The predicted molar refractivity (Wildman–Crippen MR) is 75.7 cm³/mol. The molecule has 2 amide bonds. The van der Waals surface area contributed by atoms with E-state index in [0.29, 0.717) is 11.4 Å². The van der Waals surface area contributed by atoms with Crippen molar-refractivity contribution in [2.45, 2.75) is 26.4 Å². The molecule has 0 bridgehead atoms. The summed E-state index contributed by atoms with van der Waals surface area (Å²) in [6.45, 7) is 5.50. The monoisotopic (exact) mass is 266 g/mol. The van der Waals surface area contributed by atoms with Crippen LogP contribution >= 0.6 is 0 Å². The molecular formula is C14H22N2O3. The summed E-state index contributed by atoms with van der Waals surface area (Å²) in [5.74, 6) is 0.607. The van der Waals surface area contributed by atoms with Gasteiger partial charge in [-0.1, -0.05) is 6.07 Å². The minimum atomic E-state index is -0.928. The fourth-order valence-corrected chi connectivity index (χ4v) is 1.78. The van der Waals surface area contributed by atoms with Gasteiger partial charge in [-0.25, -0.2) is 4.79 Å². The van der Waals surface area contributed by atoms with E-state index < -0.39 is 5.60 Å². The van der Waals surface area contributed by atoms with Crippen molar-refractivity contribution in [2.24, 2.45) is 0 Å². The largest absolute Gasteiger partial charge is 0.495 e. The molecule has 0 aliphatic carbocycles. The Hall–Kier alpha value is -1.75. The summed E-state index contributed by atoms with van der Waals surface area (Å²) in [6.07, 6.45) is 0. The summed E-state index contributed by atoms with van der Waals surface area (Å²) in [4.78, 5) is 13.5. The Balaban J connectivity index is 2.79. The fourth-order valence-electron chi connectivity index (χ4n) is 1.78. The van der Waals surface area contributed by atoms with Gasteiger partial charge >= 0.3 is 6.03 Å². The molecule has 0 saturated heterocycles. The maximum Gasteiger partial charge on any atom is 0.321 e. The van der Waals surface area contributed by atoms with E-state index in [2.05, 4.69) is 5.32 Å². The number of hydrogen-bond acceptors (Lipinski definition) is 3. The van der Waals surface area contributed by atoms with Crippen molar-refractivity contribution in [3.05, 3.63) is 23.8 Å². The molecule has 0 aromatic heterocycles. The Morgan fingerprint density at radius 1 is 1.47 bits per heavy atom. The van der Waals surface area contributed by atoms with Gasteiger partial charge in [-0.15, -0.1) is 0 Å². The van der Waals surface area contributed by atoms with Crippen LogP contribution in [0.2, 0.25) is 0 Å². The average Bonchev–Trinajstić information content (AvgIpc) is 2.27. The number of hydrogen-bond donors (Lipinski definition) is 2. The number of anilines is 1. The van der Waals surface area contributed by atoms with Gasteiger partial charge in [-0.05, 0) is 38.5 Å². The summed E-state index contributed by atoms with van der Waals surface area (Å²) in [7, 11) is 3.19. The normalized spacial score (nSPS) is 11.1. The highest BCUT2D eigenvalue weighted by atomic mass is 16.5. The van der Waals surface area contributed by atoms with Crippen molar-refractivity contribution in [3.8, 4) is 5.75 Å². The van der Waals surface area contributed by atoms with Crippen LogP contribution in [0.15, 0.2) is 18.2 Å². The number of benzene rings is 1. The average molecular weight is 266 g/mol. The number of amides is 2. The van der Waals surface area contributed by atoms with Crippen molar-refractivity contribution >= 4 is 11.7 Å². The number of rotatable bonds is 4. The van der Waals surface area contributed by atoms with E-state index in [1.807, 2.05) is 19.1 Å². The van der Waals surface area contributed by atoms with Gasteiger partial charge < -0.3 is 20.1 Å². The zero-order chi connectivity index (χ0) is 14.6. The van der Waals surface area contributed by atoms with Gasteiger partial charge in [0.1, 0.15) is 5.75 Å². The third kappa shape index (κ3) is 4.79. The highest BCUT2D eigenvalue weighted by Crippen LogP contribution is 2.25. The molecule has 0 aliphatic rings. The zero-order valence-corrected chi connectivity index (χ0v) is 12.2.